The van der Waals surface area contributed by atoms with E-state index in [0.717, 1.165) is 5.56 Å². The molecular formula is C28H31F2N3O3. The molecule has 190 valence electrons. The second-order valence-corrected chi connectivity index (χ2v) is 9.54. The maximum Gasteiger partial charge on any atom is 0.259 e. The van der Waals surface area contributed by atoms with E-state index < -0.39 is 6.04 Å². The molecule has 0 unspecified atom stereocenters. The van der Waals surface area contributed by atoms with Gasteiger partial charge in [-0.05, 0) is 55.4 Å². The number of halogens is 2. The van der Waals surface area contributed by atoms with Gasteiger partial charge in [0.1, 0.15) is 23.3 Å². The number of hydrogen-bond acceptors (Lipinski definition) is 5. The third kappa shape index (κ3) is 5.88. The highest BCUT2D eigenvalue weighted by molar-refractivity contribution is 5.98. The third-order valence-electron chi connectivity index (χ3n) is 6.51. The molecule has 0 bridgehead atoms. The Morgan fingerprint density at radius 1 is 1.14 bits per heavy atom. The van der Waals surface area contributed by atoms with E-state index in [4.69, 9.17) is 4.74 Å². The molecule has 1 amide bonds. The molecule has 1 aliphatic rings. The van der Waals surface area contributed by atoms with Crippen molar-refractivity contribution in [1.82, 2.24) is 14.8 Å². The maximum atomic E-state index is 13.8. The summed E-state index contributed by atoms with van der Waals surface area (Å²) < 4.78 is 33.8. The zero-order chi connectivity index (χ0) is 25.8. The fourth-order valence-electron chi connectivity index (χ4n) is 4.46. The highest BCUT2D eigenvalue weighted by Crippen LogP contribution is 2.30. The van der Waals surface area contributed by atoms with Gasteiger partial charge in [-0.25, -0.2) is 13.8 Å². The molecule has 0 saturated heterocycles. The number of nitrogens with zero attached hydrogens (tertiary/aromatic N) is 3. The fraction of sp³-hybridized carbons (Fsp3) is 0.357. The van der Waals surface area contributed by atoms with Gasteiger partial charge in [-0.15, -0.1) is 0 Å². The minimum Gasteiger partial charge on any atom is -0.472 e. The molecule has 3 atom stereocenters. The molecule has 8 heteroatoms. The van der Waals surface area contributed by atoms with Gasteiger partial charge in [-0.2, -0.15) is 0 Å². The lowest BCUT2D eigenvalue weighted by atomic mass is 9.99. The number of amides is 1. The predicted octanol–water partition coefficient (Wildman–Crippen LogP) is 4.38. The van der Waals surface area contributed by atoms with Crippen LogP contribution in [0.3, 0.4) is 0 Å². The average molecular weight is 496 g/mol. The van der Waals surface area contributed by atoms with Crippen molar-refractivity contribution in [3.05, 3.63) is 83.6 Å². The minimum absolute atomic E-state index is 0.0734. The Labute approximate surface area is 210 Å². The topological polar surface area (TPSA) is 65.9 Å². The summed E-state index contributed by atoms with van der Waals surface area (Å²) >= 11 is 0. The molecule has 2 heterocycles. The first-order chi connectivity index (χ1) is 17.2. The number of ether oxygens (including phenoxy) is 1. The van der Waals surface area contributed by atoms with E-state index in [1.807, 2.05) is 24.9 Å². The van der Waals surface area contributed by atoms with Crippen molar-refractivity contribution in [2.24, 2.45) is 5.92 Å². The van der Waals surface area contributed by atoms with E-state index in [2.05, 4.69) is 4.98 Å². The van der Waals surface area contributed by atoms with Crippen LogP contribution in [0, 0.1) is 17.6 Å². The highest BCUT2D eigenvalue weighted by atomic mass is 19.1. The lowest BCUT2D eigenvalue weighted by Crippen LogP contribution is -2.49. The van der Waals surface area contributed by atoms with Crippen LogP contribution in [-0.4, -0.2) is 64.7 Å². The van der Waals surface area contributed by atoms with E-state index in [0.29, 0.717) is 30.8 Å². The standard InChI is InChI=1S/C28H31F2N3O3/c1-18-14-33(19(2)17-34)28(35)25-12-22(21-7-5-9-24(30)11-21)13-31-27(25)36-26(18)16-32(3)15-20-6-4-8-23(29)10-20/h4-13,18-19,26,34H,14-17H2,1-3H3/t18-,19-,26+/m0/s1. The molecular weight excluding hydrogens is 464 g/mol. The van der Waals surface area contributed by atoms with E-state index in [-0.39, 0.29) is 47.6 Å². The van der Waals surface area contributed by atoms with Gasteiger partial charge in [-0.3, -0.25) is 9.69 Å². The largest absolute Gasteiger partial charge is 0.472 e. The van der Waals surface area contributed by atoms with Gasteiger partial charge in [0.05, 0.1) is 12.6 Å². The summed E-state index contributed by atoms with van der Waals surface area (Å²) in [4.78, 5) is 21.7. The Morgan fingerprint density at radius 3 is 2.56 bits per heavy atom. The second kappa shape index (κ2) is 11.1. The van der Waals surface area contributed by atoms with Crippen molar-refractivity contribution in [1.29, 1.82) is 0 Å². The summed E-state index contributed by atoms with van der Waals surface area (Å²) in [6, 6.07) is 13.8. The predicted molar refractivity (Wildman–Crippen MR) is 134 cm³/mol. The zero-order valence-corrected chi connectivity index (χ0v) is 20.7. The van der Waals surface area contributed by atoms with Crippen molar-refractivity contribution in [2.45, 2.75) is 32.5 Å². The molecule has 4 rings (SSSR count). The molecule has 36 heavy (non-hydrogen) atoms. The maximum absolute atomic E-state index is 13.8. The van der Waals surface area contributed by atoms with Gasteiger partial charge < -0.3 is 14.7 Å². The highest BCUT2D eigenvalue weighted by Gasteiger charge is 2.34. The van der Waals surface area contributed by atoms with Crippen LogP contribution in [0.15, 0.2) is 60.8 Å². The molecule has 0 spiro atoms. The summed E-state index contributed by atoms with van der Waals surface area (Å²) in [5.41, 5.74) is 2.30. The molecule has 1 aromatic heterocycles. The van der Waals surface area contributed by atoms with Crippen molar-refractivity contribution in [3.8, 4) is 17.0 Å². The van der Waals surface area contributed by atoms with Gasteiger partial charge in [-0.1, -0.05) is 31.2 Å². The molecule has 6 nitrogen and oxygen atoms in total. The average Bonchev–Trinajstić information content (AvgIpc) is 2.85. The number of rotatable bonds is 7. The Bertz CT molecular complexity index is 1220. The Balaban J connectivity index is 1.65. The third-order valence-corrected chi connectivity index (χ3v) is 6.51. The summed E-state index contributed by atoms with van der Waals surface area (Å²) in [6.07, 6.45) is 1.25. The quantitative estimate of drug-likeness (QED) is 0.527. The number of carbonyl (C=O) groups excluding carboxylic acids is 1. The smallest absolute Gasteiger partial charge is 0.259 e. The van der Waals surface area contributed by atoms with E-state index >= 15 is 0 Å². The number of hydrogen-bond donors (Lipinski definition) is 1. The summed E-state index contributed by atoms with van der Waals surface area (Å²) in [5, 5.41) is 9.84. The number of aliphatic hydroxyl groups excluding tert-OH is 1. The number of aromatic nitrogens is 1. The van der Waals surface area contributed by atoms with E-state index in [1.165, 1.54) is 24.3 Å². The van der Waals surface area contributed by atoms with Gasteiger partial charge in [0.2, 0.25) is 5.88 Å². The van der Waals surface area contributed by atoms with E-state index in [1.54, 1.807) is 42.3 Å². The zero-order valence-electron chi connectivity index (χ0n) is 20.7. The number of likely N-dealkylation sites (N-methyl/N-ethyl adjacent to an activating group) is 1. The Morgan fingerprint density at radius 2 is 1.86 bits per heavy atom. The van der Waals surface area contributed by atoms with Gasteiger partial charge in [0.15, 0.2) is 0 Å². The Hall–Kier alpha value is -3.36. The first-order valence-electron chi connectivity index (χ1n) is 12.0. The number of pyridine rings is 1. The first kappa shape index (κ1) is 25.7. The molecule has 0 aliphatic carbocycles. The Kier molecular flexibility index (Phi) is 7.96. The lowest BCUT2D eigenvalue weighted by Gasteiger charge is -2.37. The van der Waals surface area contributed by atoms with Crippen LogP contribution >= 0.6 is 0 Å². The SMILES string of the molecule is C[C@H]1CN([C@@H](C)CO)C(=O)c2cc(-c3cccc(F)c3)cnc2O[C@@H]1CN(C)Cc1cccc(F)c1. The fourth-order valence-corrected chi connectivity index (χ4v) is 4.46. The van der Waals surface area contributed by atoms with E-state index in [9.17, 15) is 18.7 Å². The van der Waals surface area contributed by atoms with Crippen LogP contribution in [-0.2, 0) is 6.54 Å². The number of carbonyl (C=O) groups is 1. The monoisotopic (exact) mass is 495 g/mol. The number of fused-ring (bicyclic) bond motifs is 1. The van der Waals surface area contributed by atoms with Crippen LogP contribution in [0.2, 0.25) is 0 Å². The second-order valence-electron chi connectivity index (χ2n) is 9.54. The van der Waals surface area contributed by atoms with Crippen molar-refractivity contribution in [3.63, 3.8) is 0 Å². The van der Waals surface area contributed by atoms with Gasteiger partial charge in [0, 0.05) is 37.3 Å². The van der Waals surface area contributed by atoms with Crippen molar-refractivity contribution in [2.75, 3.05) is 26.7 Å². The molecule has 3 aromatic rings. The summed E-state index contributed by atoms with van der Waals surface area (Å²) in [6.45, 7) is 5.02. The number of benzene rings is 2. The van der Waals surface area contributed by atoms with Crippen molar-refractivity contribution < 1.29 is 23.4 Å². The molecule has 0 saturated carbocycles. The molecule has 0 fully saturated rings. The molecule has 0 radical (unpaired) electrons. The van der Waals surface area contributed by atoms with Gasteiger partial charge in [0.25, 0.3) is 5.91 Å². The summed E-state index contributed by atoms with van der Waals surface area (Å²) in [5.74, 6) is -0.833. The molecule has 1 aliphatic heterocycles. The summed E-state index contributed by atoms with van der Waals surface area (Å²) in [7, 11) is 1.93. The normalized spacial score (nSPS) is 18.9. The lowest BCUT2D eigenvalue weighted by molar-refractivity contribution is 0.0325. The van der Waals surface area contributed by atoms with Crippen LogP contribution in [0.4, 0.5) is 8.78 Å². The van der Waals surface area contributed by atoms with Crippen LogP contribution < -0.4 is 4.74 Å². The van der Waals surface area contributed by atoms with Crippen LogP contribution in [0.25, 0.3) is 11.1 Å². The first-order valence-corrected chi connectivity index (χ1v) is 12.0. The number of aliphatic hydroxyl groups is 1. The molecule has 1 N–H and O–H groups in total. The minimum atomic E-state index is -0.408. The van der Waals surface area contributed by atoms with Crippen LogP contribution in [0.5, 0.6) is 5.88 Å². The van der Waals surface area contributed by atoms with Crippen molar-refractivity contribution >= 4 is 5.91 Å². The van der Waals surface area contributed by atoms with Gasteiger partial charge >= 0.3 is 0 Å². The molecule has 2 aromatic carbocycles. The van der Waals surface area contributed by atoms with Crippen LogP contribution in [0.1, 0.15) is 29.8 Å².